The molecule has 0 aliphatic rings. The van der Waals surface area contributed by atoms with Gasteiger partial charge in [0, 0.05) is 15.1 Å². The third kappa shape index (κ3) is 6.17. The number of benzene rings is 3. The summed E-state index contributed by atoms with van der Waals surface area (Å²) in [6.07, 6.45) is 1.02. The second kappa shape index (κ2) is 11.8. The number of ether oxygens (including phenoxy) is 2. The maximum Gasteiger partial charge on any atom is 0.355 e. The first-order valence-corrected chi connectivity index (χ1v) is 12.7. The molecule has 0 unspecified atom stereocenters. The molecule has 4 rings (SSSR count). The Morgan fingerprint density at radius 3 is 2.61 bits per heavy atom. The van der Waals surface area contributed by atoms with Crippen molar-refractivity contribution in [3.8, 4) is 11.5 Å². The first-order valence-electron chi connectivity index (χ1n) is 10.8. The highest BCUT2D eigenvalue weighted by Crippen LogP contribution is 2.35. The molecule has 1 heterocycles. The van der Waals surface area contributed by atoms with E-state index in [-0.39, 0.29) is 0 Å². The third-order valence-corrected chi connectivity index (χ3v) is 7.19. The van der Waals surface area contributed by atoms with Crippen molar-refractivity contribution in [2.45, 2.75) is 19.4 Å². The molecule has 1 N–H and O–H groups in total. The molecule has 4 aromatic rings. The van der Waals surface area contributed by atoms with Gasteiger partial charge in [0.2, 0.25) is 0 Å². The number of nitrogens with one attached hydrogen (secondary N) is 1. The fourth-order valence-electron chi connectivity index (χ4n) is 3.25. The van der Waals surface area contributed by atoms with Gasteiger partial charge in [-0.3, -0.25) is 4.79 Å². The highest BCUT2D eigenvalue weighted by Gasteiger charge is 2.20. The Kier molecular flexibility index (Phi) is 8.48. The van der Waals surface area contributed by atoms with E-state index in [9.17, 15) is 9.59 Å². The molecule has 0 saturated carbocycles. The number of halogens is 3. The number of thiophene rings is 1. The molecule has 1 amide bonds. The largest absolute Gasteiger partial charge is 0.479 e. The van der Waals surface area contributed by atoms with Crippen molar-refractivity contribution in [3.63, 3.8) is 0 Å². The Labute approximate surface area is 226 Å². The van der Waals surface area contributed by atoms with E-state index < -0.39 is 18.0 Å². The minimum Gasteiger partial charge on any atom is -0.479 e. The quantitative estimate of drug-likeness (QED) is 0.105. The molecule has 0 fully saturated rings. The number of hydrogen-bond acceptors (Lipinski definition) is 6. The summed E-state index contributed by atoms with van der Waals surface area (Å²) in [5.74, 6) is -0.328. The molecular weight excluding hydrogens is 543 g/mol. The standard InChI is InChI=1S/C26H19Cl3N2O4S/c1-2-20(35-21-11-10-16(27)13-19(21)28)25(32)31-30-14-15-6-5-7-17(12-15)34-26(33)24-23(29)18-8-3-4-9-22(18)36-24/h3-14,20H,2H2,1H3,(H,31,32)/b30-14-/t20-/m1/s1. The van der Waals surface area contributed by atoms with E-state index in [0.717, 1.165) is 10.1 Å². The van der Waals surface area contributed by atoms with Crippen LogP contribution in [0.15, 0.2) is 71.8 Å². The van der Waals surface area contributed by atoms with Gasteiger partial charge in [0.15, 0.2) is 6.10 Å². The van der Waals surface area contributed by atoms with Gasteiger partial charge in [-0.15, -0.1) is 11.3 Å². The smallest absolute Gasteiger partial charge is 0.355 e. The highest BCUT2D eigenvalue weighted by molar-refractivity contribution is 7.21. The Morgan fingerprint density at radius 2 is 1.86 bits per heavy atom. The summed E-state index contributed by atoms with van der Waals surface area (Å²) in [5, 5.41) is 5.94. The molecule has 184 valence electrons. The second-order valence-corrected chi connectivity index (χ2v) is 9.80. The lowest BCUT2D eigenvalue weighted by Crippen LogP contribution is -2.35. The molecule has 36 heavy (non-hydrogen) atoms. The molecule has 3 aromatic carbocycles. The Bertz CT molecular complexity index is 1450. The molecular formula is C26H19Cl3N2O4S. The number of amides is 1. The second-order valence-electron chi connectivity index (χ2n) is 7.53. The van der Waals surface area contributed by atoms with Crippen LogP contribution in [-0.4, -0.2) is 24.2 Å². The van der Waals surface area contributed by atoms with E-state index >= 15 is 0 Å². The van der Waals surface area contributed by atoms with Crippen LogP contribution in [0.3, 0.4) is 0 Å². The number of rotatable bonds is 8. The Balaban J connectivity index is 1.38. The Hall–Kier alpha value is -3.10. The van der Waals surface area contributed by atoms with E-state index in [4.69, 9.17) is 44.3 Å². The van der Waals surface area contributed by atoms with Gasteiger partial charge < -0.3 is 9.47 Å². The van der Waals surface area contributed by atoms with Crippen LogP contribution < -0.4 is 14.9 Å². The van der Waals surface area contributed by atoms with E-state index in [1.165, 1.54) is 23.6 Å². The lowest BCUT2D eigenvalue weighted by molar-refractivity contribution is -0.128. The summed E-state index contributed by atoms with van der Waals surface area (Å²) in [6.45, 7) is 1.80. The lowest BCUT2D eigenvalue weighted by Gasteiger charge is -2.16. The van der Waals surface area contributed by atoms with Crippen molar-refractivity contribution in [2.75, 3.05) is 0 Å². The van der Waals surface area contributed by atoms with Crippen molar-refractivity contribution >= 4 is 74.3 Å². The highest BCUT2D eigenvalue weighted by atomic mass is 35.5. The van der Waals surface area contributed by atoms with Crippen molar-refractivity contribution in [1.82, 2.24) is 5.43 Å². The average Bonchev–Trinajstić information content (AvgIpc) is 3.20. The number of fused-ring (bicyclic) bond motifs is 1. The molecule has 0 saturated heterocycles. The van der Waals surface area contributed by atoms with Gasteiger partial charge in [0.05, 0.1) is 16.3 Å². The number of carbonyl (C=O) groups is 2. The number of esters is 1. The van der Waals surface area contributed by atoms with Gasteiger partial charge >= 0.3 is 5.97 Å². The minimum atomic E-state index is -0.806. The van der Waals surface area contributed by atoms with Crippen molar-refractivity contribution in [3.05, 3.63) is 92.2 Å². The zero-order chi connectivity index (χ0) is 25.7. The third-order valence-electron chi connectivity index (χ3n) is 5.00. The predicted molar refractivity (Wildman–Crippen MR) is 145 cm³/mol. The molecule has 1 aromatic heterocycles. The summed E-state index contributed by atoms with van der Waals surface area (Å²) >= 11 is 19.7. The maximum absolute atomic E-state index is 12.7. The number of hydrogen-bond donors (Lipinski definition) is 1. The van der Waals surface area contributed by atoms with Gasteiger partial charge in [-0.2, -0.15) is 5.10 Å². The van der Waals surface area contributed by atoms with E-state index in [1.54, 1.807) is 43.3 Å². The minimum absolute atomic E-state index is 0.306. The van der Waals surface area contributed by atoms with Gasteiger partial charge in [0.1, 0.15) is 16.4 Å². The number of carbonyl (C=O) groups excluding carboxylic acids is 2. The van der Waals surface area contributed by atoms with Crippen LogP contribution in [0.5, 0.6) is 11.5 Å². The summed E-state index contributed by atoms with van der Waals surface area (Å²) in [5.41, 5.74) is 3.06. The average molecular weight is 562 g/mol. The van der Waals surface area contributed by atoms with Crippen LogP contribution in [-0.2, 0) is 4.79 Å². The van der Waals surface area contributed by atoms with Gasteiger partial charge in [0.25, 0.3) is 5.91 Å². The van der Waals surface area contributed by atoms with Crippen LogP contribution >= 0.6 is 46.1 Å². The lowest BCUT2D eigenvalue weighted by atomic mass is 10.2. The number of hydrazone groups is 1. The predicted octanol–water partition coefficient (Wildman–Crippen LogP) is 7.39. The molecule has 10 heteroatoms. The van der Waals surface area contributed by atoms with E-state index in [0.29, 0.717) is 43.4 Å². The van der Waals surface area contributed by atoms with Gasteiger partial charge in [-0.25, -0.2) is 10.2 Å². The zero-order valence-electron chi connectivity index (χ0n) is 18.8. The van der Waals surface area contributed by atoms with Gasteiger partial charge in [-0.1, -0.05) is 72.1 Å². The van der Waals surface area contributed by atoms with Gasteiger partial charge in [-0.05, 0) is 48.4 Å². The fraction of sp³-hybridized carbons (Fsp3) is 0.115. The van der Waals surface area contributed by atoms with E-state index in [1.807, 2.05) is 24.3 Å². The normalized spacial score (nSPS) is 12.0. The molecule has 0 radical (unpaired) electrons. The monoisotopic (exact) mass is 560 g/mol. The topological polar surface area (TPSA) is 77.0 Å². The van der Waals surface area contributed by atoms with Crippen LogP contribution in [0.4, 0.5) is 0 Å². The summed E-state index contributed by atoms with van der Waals surface area (Å²) in [7, 11) is 0. The summed E-state index contributed by atoms with van der Waals surface area (Å²) in [4.78, 5) is 25.6. The van der Waals surface area contributed by atoms with Crippen molar-refractivity contribution < 1.29 is 19.1 Å². The molecule has 0 aliphatic carbocycles. The summed E-state index contributed by atoms with van der Waals surface area (Å²) < 4.78 is 12.1. The van der Waals surface area contributed by atoms with E-state index in [2.05, 4.69) is 10.5 Å². The molecule has 1 atom stereocenters. The number of nitrogens with zero attached hydrogens (tertiary/aromatic N) is 1. The first kappa shape index (κ1) is 26.0. The van der Waals surface area contributed by atoms with Crippen LogP contribution in [0, 0.1) is 0 Å². The summed E-state index contributed by atoms with van der Waals surface area (Å²) in [6, 6.07) is 19.0. The molecule has 0 spiro atoms. The molecule has 0 aliphatic heterocycles. The first-order chi connectivity index (χ1) is 17.4. The van der Waals surface area contributed by atoms with Crippen LogP contribution in [0.2, 0.25) is 15.1 Å². The van der Waals surface area contributed by atoms with Crippen LogP contribution in [0.1, 0.15) is 28.6 Å². The Morgan fingerprint density at radius 1 is 1.06 bits per heavy atom. The SMILES string of the molecule is CC[C@@H](Oc1ccc(Cl)cc1Cl)C(=O)N/N=C\c1cccc(OC(=O)c2sc3ccccc3c2Cl)c1. The fourth-order valence-corrected chi connectivity index (χ4v) is 5.08. The van der Waals surface area contributed by atoms with Crippen molar-refractivity contribution in [1.29, 1.82) is 0 Å². The molecule has 0 bridgehead atoms. The maximum atomic E-state index is 12.7. The molecule has 6 nitrogen and oxygen atoms in total. The zero-order valence-corrected chi connectivity index (χ0v) is 21.9. The van der Waals surface area contributed by atoms with Crippen LogP contribution in [0.25, 0.3) is 10.1 Å². The van der Waals surface area contributed by atoms with Crippen molar-refractivity contribution in [2.24, 2.45) is 5.10 Å².